The molecule has 0 radical (unpaired) electrons. The molecule has 7 heteroatoms. The van der Waals surface area contributed by atoms with Crippen LogP contribution < -0.4 is 5.32 Å². The molecule has 29 heavy (non-hydrogen) atoms. The minimum absolute atomic E-state index is 0.134. The summed E-state index contributed by atoms with van der Waals surface area (Å²) in [5.74, 6) is -0.663. The SMILES string of the molecule is COC(=O)c1[nH]c2ccc(Cl)cc2c1NC(=O)CN1C[C@]2(C)C[C@H]1CC(C)(C)C2. The molecule has 0 spiro atoms. The highest BCUT2D eigenvalue weighted by Gasteiger charge is 2.49. The van der Waals surface area contributed by atoms with E-state index in [1.54, 1.807) is 18.2 Å². The number of halogens is 1. The first-order chi connectivity index (χ1) is 13.6. The zero-order chi connectivity index (χ0) is 21.0. The number of carbonyl (C=O) groups is 2. The van der Waals surface area contributed by atoms with Gasteiger partial charge < -0.3 is 15.0 Å². The maximum Gasteiger partial charge on any atom is 0.356 e. The van der Waals surface area contributed by atoms with Gasteiger partial charge in [-0.3, -0.25) is 9.69 Å². The number of nitrogens with zero attached hydrogens (tertiary/aromatic N) is 1. The molecule has 1 aromatic heterocycles. The summed E-state index contributed by atoms with van der Waals surface area (Å²) in [4.78, 5) is 30.5. The van der Waals surface area contributed by atoms with Gasteiger partial charge >= 0.3 is 5.97 Å². The maximum atomic E-state index is 13.0. The molecule has 1 aromatic carbocycles. The van der Waals surface area contributed by atoms with Gasteiger partial charge in [0.15, 0.2) is 0 Å². The number of amides is 1. The number of methoxy groups -OCH3 is 1. The van der Waals surface area contributed by atoms with E-state index < -0.39 is 5.97 Å². The van der Waals surface area contributed by atoms with Gasteiger partial charge in [0.05, 0.1) is 19.3 Å². The smallest absolute Gasteiger partial charge is 0.356 e. The second-order valence-electron chi connectivity index (χ2n) is 9.72. The minimum atomic E-state index is -0.529. The van der Waals surface area contributed by atoms with E-state index in [1.807, 2.05) is 0 Å². The maximum absolute atomic E-state index is 13.0. The second-order valence-corrected chi connectivity index (χ2v) is 10.2. The number of fused-ring (bicyclic) bond motifs is 3. The molecule has 2 N–H and O–H groups in total. The van der Waals surface area contributed by atoms with Crippen molar-refractivity contribution < 1.29 is 14.3 Å². The number of nitrogens with one attached hydrogen (secondary N) is 2. The Bertz CT molecular complexity index is 983. The van der Waals surface area contributed by atoms with Crippen molar-refractivity contribution in [1.29, 1.82) is 0 Å². The zero-order valence-corrected chi connectivity index (χ0v) is 18.2. The van der Waals surface area contributed by atoms with E-state index in [0.29, 0.717) is 34.1 Å². The molecule has 4 rings (SSSR count). The monoisotopic (exact) mass is 417 g/mol. The van der Waals surface area contributed by atoms with Crippen molar-refractivity contribution in [3.8, 4) is 0 Å². The summed E-state index contributed by atoms with van der Waals surface area (Å²) in [7, 11) is 1.32. The summed E-state index contributed by atoms with van der Waals surface area (Å²) < 4.78 is 4.88. The average Bonchev–Trinajstić information content (AvgIpc) is 3.07. The highest BCUT2D eigenvalue weighted by Crippen LogP contribution is 2.52. The Hall–Kier alpha value is -2.05. The van der Waals surface area contributed by atoms with E-state index >= 15 is 0 Å². The number of aromatic nitrogens is 1. The molecule has 0 unspecified atom stereocenters. The first-order valence-corrected chi connectivity index (χ1v) is 10.4. The molecule has 2 aliphatic rings. The first-order valence-electron chi connectivity index (χ1n) is 10.0. The van der Waals surface area contributed by atoms with Gasteiger partial charge in [0.1, 0.15) is 5.69 Å². The van der Waals surface area contributed by atoms with Crippen molar-refractivity contribution in [3.05, 3.63) is 28.9 Å². The van der Waals surface area contributed by atoms with Crippen LogP contribution in [0.25, 0.3) is 10.9 Å². The molecule has 1 aliphatic heterocycles. The van der Waals surface area contributed by atoms with Crippen molar-refractivity contribution in [2.75, 3.05) is 25.5 Å². The lowest BCUT2D eigenvalue weighted by atomic mass is 9.65. The predicted octanol–water partition coefficient (Wildman–Crippen LogP) is 4.45. The topological polar surface area (TPSA) is 74.4 Å². The molecule has 1 aliphatic carbocycles. The number of H-pyrrole nitrogens is 1. The molecule has 2 aromatic rings. The number of esters is 1. The molecule has 6 nitrogen and oxygen atoms in total. The third kappa shape index (κ3) is 3.88. The van der Waals surface area contributed by atoms with Crippen LogP contribution in [-0.2, 0) is 9.53 Å². The van der Waals surface area contributed by atoms with Crippen molar-refractivity contribution >= 4 is 40.1 Å². The fraction of sp³-hybridized carbons (Fsp3) is 0.545. The number of ether oxygens (including phenoxy) is 1. The number of carbonyl (C=O) groups excluding carboxylic acids is 2. The number of aromatic amines is 1. The van der Waals surface area contributed by atoms with E-state index in [4.69, 9.17) is 16.3 Å². The van der Waals surface area contributed by atoms with Gasteiger partial charge in [-0.2, -0.15) is 0 Å². The lowest BCUT2D eigenvalue weighted by molar-refractivity contribution is -0.117. The van der Waals surface area contributed by atoms with E-state index in [-0.39, 0.29) is 17.0 Å². The summed E-state index contributed by atoms with van der Waals surface area (Å²) in [6, 6.07) is 5.68. The van der Waals surface area contributed by atoms with Gasteiger partial charge in [-0.25, -0.2) is 4.79 Å². The lowest BCUT2D eigenvalue weighted by Crippen LogP contribution is -2.38. The molecule has 2 heterocycles. The Morgan fingerprint density at radius 3 is 2.79 bits per heavy atom. The Balaban J connectivity index is 1.57. The number of likely N-dealkylation sites (tertiary alicyclic amines) is 1. The van der Waals surface area contributed by atoms with Crippen LogP contribution in [0.15, 0.2) is 18.2 Å². The lowest BCUT2D eigenvalue weighted by Gasteiger charge is -2.39. The predicted molar refractivity (Wildman–Crippen MR) is 114 cm³/mol. The third-order valence-corrected chi connectivity index (χ3v) is 6.52. The fourth-order valence-electron chi connectivity index (χ4n) is 5.67. The van der Waals surface area contributed by atoms with Crippen molar-refractivity contribution in [1.82, 2.24) is 9.88 Å². The quantitative estimate of drug-likeness (QED) is 0.721. The van der Waals surface area contributed by atoms with Gasteiger partial charge in [-0.15, -0.1) is 0 Å². The summed E-state index contributed by atoms with van der Waals surface area (Å²) in [5, 5.41) is 4.17. The van der Waals surface area contributed by atoms with Crippen molar-refractivity contribution in [3.63, 3.8) is 0 Å². The fourth-order valence-corrected chi connectivity index (χ4v) is 5.85. The third-order valence-electron chi connectivity index (χ3n) is 6.28. The van der Waals surface area contributed by atoms with Gasteiger partial charge in [-0.05, 0) is 48.3 Å². The normalized spacial score (nSPS) is 25.9. The molecule has 2 bridgehead atoms. The van der Waals surface area contributed by atoms with Crippen LogP contribution in [0.2, 0.25) is 5.02 Å². The average molecular weight is 418 g/mol. The summed E-state index contributed by atoms with van der Waals surface area (Å²) in [5.41, 5.74) is 1.93. The van der Waals surface area contributed by atoms with Crippen LogP contribution in [0.3, 0.4) is 0 Å². The molecule has 156 valence electrons. The van der Waals surface area contributed by atoms with Gasteiger partial charge in [0.25, 0.3) is 0 Å². The number of rotatable bonds is 4. The molecular formula is C22H28ClN3O3. The molecular weight excluding hydrogens is 390 g/mol. The van der Waals surface area contributed by atoms with Gasteiger partial charge in [-0.1, -0.05) is 32.4 Å². The largest absolute Gasteiger partial charge is 0.464 e. The summed E-state index contributed by atoms with van der Waals surface area (Å²) >= 11 is 6.14. The second kappa shape index (κ2) is 7.03. The van der Waals surface area contributed by atoms with Crippen LogP contribution in [0.1, 0.15) is 50.5 Å². The molecule has 1 amide bonds. The number of hydrogen-bond acceptors (Lipinski definition) is 4. The van der Waals surface area contributed by atoms with Crippen LogP contribution in [0, 0.1) is 10.8 Å². The van der Waals surface area contributed by atoms with Gasteiger partial charge in [0, 0.05) is 28.5 Å². The van der Waals surface area contributed by atoms with Crippen molar-refractivity contribution in [2.45, 2.75) is 46.1 Å². The Morgan fingerprint density at radius 2 is 2.07 bits per heavy atom. The molecule has 2 atom stereocenters. The molecule has 2 fully saturated rings. The van der Waals surface area contributed by atoms with E-state index in [2.05, 4.69) is 36.0 Å². The standard InChI is InChI=1S/C22H28ClN3O3/c1-21(2)8-14-9-22(3,11-21)12-26(14)10-17(27)25-18-15-7-13(23)5-6-16(15)24-19(18)20(28)29-4/h5-7,14,24H,8-12H2,1-4H3,(H,25,27)/t14-,22-/m1/s1. The Labute approximate surface area is 175 Å². The van der Waals surface area contributed by atoms with Crippen molar-refractivity contribution in [2.24, 2.45) is 10.8 Å². The van der Waals surface area contributed by atoms with Crippen LogP contribution in [0.5, 0.6) is 0 Å². The number of hydrogen-bond donors (Lipinski definition) is 2. The van der Waals surface area contributed by atoms with E-state index in [9.17, 15) is 9.59 Å². The van der Waals surface area contributed by atoms with Crippen LogP contribution in [-0.4, -0.2) is 48.0 Å². The number of anilines is 1. The van der Waals surface area contributed by atoms with Crippen LogP contribution >= 0.6 is 11.6 Å². The first kappa shape index (κ1) is 20.2. The minimum Gasteiger partial charge on any atom is -0.464 e. The summed E-state index contributed by atoms with van der Waals surface area (Å²) in [6.45, 7) is 8.21. The zero-order valence-electron chi connectivity index (χ0n) is 17.4. The molecule has 1 saturated carbocycles. The number of benzene rings is 1. The molecule has 1 saturated heterocycles. The summed E-state index contributed by atoms with van der Waals surface area (Å²) in [6.07, 6.45) is 3.42. The highest BCUT2D eigenvalue weighted by atomic mass is 35.5. The Kier molecular flexibility index (Phi) is 4.90. The highest BCUT2D eigenvalue weighted by molar-refractivity contribution is 6.31. The van der Waals surface area contributed by atoms with Crippen LogP contribution in [0.4, 0.5) is 5.69 Å². The van der Waals surface area contributed by atoms with E-state index in [1.165, 1.54) is 13.5 Å². The van der Waals surface area contributed by atoms with E-state index in [0.717, 1.165) is 24.9 Å². The Morgan fingerprint density at radius 1 is 1.31 bits per heavy atom. The van der Waals surface area contributed by atoms with Gasteiger partial charge in [0.2, 0.25) is 5.91 Å².